The Hall–Kier alpha value is -2.54. The molecule has 0 aromatic carbocycles. The number of ketones is 1. The Morgan fingerprint density at radius 3 is 3.00 bits per heavy atom. The molecular weight excluding hydrogens is 318 g/mol. The number of amides is 1. The number of fused-ring (bicyclic) bond motifs is 1. The third-order valence-electron chi connectivity index (χ3n) is 4.99. The molecule has 0 bridgehead atoms. The number of carbonyl (C=O) groups is 2. The third-order valence-corrected chi connectivity index (χ3v) is 4.99. The Morgan fingerprint density at radius 2 is 2.20 bits per heavy atom. The van der Waals surface area contributed by atoms with Crippen LogP contribution in [0.4, 0.5) is 0 Å². The molecule has 130 valence electrons. The van der Waals surface area contributed by atoms with E-state index in [-0.39, 0.29) is 30.1 Å². The number of hydrogen-bond donors (Lipinski definition) is 2. The van der Waals surface area contributed by atoms with Crippen molar-refractivity contribution >= 4 is 23.2 Å². The molecule has 0 fully saturated rings. The molecule has 0 saturated heterocycles. The van der Waals surface area contributed by atoms with Gasteiger partial charge in [0.1, 0.15) is 5.84 Å². The molecule has 4 rings (SSSR count). The minimum absolute atomic E-state index is 0.0326. The average molecular weight is 339 g/mol. The van der Waals surface area contributed by atoms with Crippen LogP contribution in [-0.2, 0) is 9.59 Å². The van der Waals surface area contributed by atoms with Gasteiger partial charge in [0.25, 0.3) is 0 Å². The Balaban J connectivity index is 1.43. The molecule has 1 amide bonds. The second-order valence-corrected chi connectivity index (χ2v) is 6.71. The Bertz CT molecular complexity index is 761. The van der Waals surface area contributed by atoms with Gasteiger partial charge in [-0.25, -0.2) is 15.0 Å². The molecule has 0 radical (unpaired) electrons. The molecule has 2 heterocycles. The van der Waals surface area contributed by atoms with E-state index in [1.54, 1.807) is 6.08 Å². The second kappa shape index (κ2) is 6.40. The molecule has 2 aliphatic heterocycles. The predicted molar refractivity (Wildman–Crippen MR) is 94.8 cm³/mol. The molecule has 25 heavy (non-hydrogen) atoms. The van der Waals surface area contributed by atoms with E-state index in [0.29, 0.717) is 6.54 Å². The molecule has 0 spiro atoms. The van der Waals surface area contributed by atoms with Gasteiger partial charge < -0.3 is 5.32 Å². The van der Waals surface area contributed by atoms with E-state index in [4.69, 9.17) is 0 Å². The summed E-state index contributed by atoms with van der Waals surface area (Å²) >= 11 is 0. The third kappa shape index (κ3) is 3.07. The lowest BCUT2D eigenvalue weighted by atomic mass is 9.89. The molecule has 7 heteroatoms. The minimum Gasteiger partial charge on any atom is -0.308 e. The predicted octanol–water partition coefficient (Wildman–Crippen LogP) is 0.870. The highest BCUT2D eigenvalue weighted by Gasteiger charge is 2.36. The maximum atomic E-state index is 12.4. The summed E-state index contributed by atoms with van der Waals surface area (Å²) in [5.74, 6) is 0.776. The second-order valence-electron chi connectivity index (χ2n) is 6.71. The van der Waals surface area contributed by atoms with Crippen molar-refractivity contribution in [1.29, 1.82) is 0 Å². The van der Waals surface area contributed by atoms with Crippen molar-refractivity contribution in [2.24, 2.45) is 15.9 Å². The van der Waals surface area contributed by atoms with Crippen molar-refractivity contribution in [3.8, 4) is 0 Å². The van der Waals surface area contributed by atoms with Gasteiger partial charge in [-0.3, -0.25) is 15.0 Å². The van der Waals surface area contributed by atoms with Crippen molar-refractivity contribution in [3.63, 3.8) is 0 Å². The quantitative estimate of drug-likeness (QED) is 0.796. The summed E-state index contributed by atoms with van der Waals surface area (Å²) in [5, 5.41) is 4.87. The van der Waals surface area contributed by atoms with Crippen LogP contribution in [0.15, 0.2) is 45.9 Å². The summed E-state index contributed by atoms with van der Waals surface area (Å²) in [6.45, 7) is 2.43. The molecule has 2 N–H and O–H groups in total. The van der Waals surface area contributed by atoms with Gasteiger partial charge in [-0.1, -0.05) is 31.2 Å². The van der Waals surface area contributed by atoms with Crippen molar-refractivity contribution < 1.29 is 9.59 Å². The number of nitrogens with zero attached hydrogens (tertiary/aromatic N) is 3. The first-order chi connectivity index (χ1) is 12.1. The van der Waals surface area contributed by atoms with Crippen molar-refractivity contribution in [2.45, 2.75) is 38.5 Å². The summed E-state index contributed by atoms with van der Waals surface area (Å²) in [6, 6.07) is 0.0869. The zero-order valence-electron chi connectivity index (χ0n) is 14.1. The zero-order chi connectivity index (χ0) is 17.4. The molecule has 3 atom stereocenters. The summed E-state index contributed by atoms with van der Waals surface area (Å²) < 4.78 is 0. The summed E-state index contributed by atoms with van der Waals surface area (Å²) in [5.41, 5.74) is 4.92. The number of carbonyl (C=O) groups excluding carboxylic acids is 2. The lowest BCUT2D eigenvalue weighted by Crippen LogP contribution is -2.50. The molecule has 3 unspecified atom stereocenters. The number of amidine groups is 1. The Kier molecular flexibility index (Phi) is 4.09. The highest BCUT2D eigenvalue weighted by atomic mass is 16.2. The lowest BCUT2D eigenvalue weighted by molar-refractivity contribution is -0.134. The van der Waals surface area contributed by atoms with Crippen molar-refractivity contribution in [1.82, 2.24) is 15.8 Å². The van der Waals surface area contributed by atoms with Gasteiger partial charge in [0.05, 0.1) is 6.42 Å². The Labute approximate surface area is 146 Å². The average Bonchev–Trinajstić information content (AvgIpc) is 3.25. The summed E-state index contributed by atoms with van der Waals surface area (Å²) in [6.07, 6.45) is 11.0. The number of aliphatic imine (C=N–C) groups is 2. The maximum absolute atomic E-state index is 12.4. The van der Waals surface area contributed by atoms with E-state index in [2.05, 4.69) is 26.8 Å². The normalized spacial score (nSPS) is 30.8. The van der Waals surface area contributed by atoms with Crippen LogP contribution in [0.25, 0.3) is 0 Å². The highest BCUT2D eigenvalue weighted by molar-refractivity contribution is 6.07. The van der Waals surface area contributed by atoms with Gasteiger partial charge >= 0.3 is 0 Å². The van der Waals surface area contributed by atoms with Crippen LogP contribution < -0.4 is 10.7 Å². The topological polar surface area (TPSA) is 86.2 Å². The summed E-state index contributed by atoms with van der Waals surface area (Å²) in [7, 11) is 0. The molecule has 0 aromatic rings. The van der Waals surface area contributed by atoms with Crippen LogP contribution in [0.5, 0.6) is 0 Å². The zero-order valence-corrected chi connectivity index (χ0v) is 14.1. The van der Waals surface area contributed by atoms with E-state index in [0.717, 1.165) is 30.0 Å². The number of hydrogen-bond acceptors (Lipinski definition) is 6. The number of rotatable bonds is 4. The van der Waals surface area contributed by atoms with Gasteiger partial charge in [-0.2, -0.15) is 0 Å². The van der Waals surface area contributed by atoms with Gasteiger partial charge in [0.2, 0.25) is 12.2 Å². The molecule has 2 aliphatic carbocycles. The van der Waals surface area contributed by atoms with Crippen molar-refractivity contribution in [2.75, 3.05) is 6.54 Å². The van der Waals surface area contributed by atoms with Crippen LogP contribution in [0.2, 0.25) is 0 Å². The van der Waals surface area contributed by atoms with Crippen LogP contribution in [0.3, 0.4) is 0 Å². The fraction of sp³-hybridized carbons (Fsp3) is 0.444. The van der Waals surface area contributed by atoms with E-state index >= 15 is 0 Å². The fourth-order valence-corrected chi connectivity index (χ4v) is 3.40. The Morgan fingerprint density at radius 1 is 1.32 bits per heavy atom. The largest absolute Gasteiger partial charge is 0.308 e. The SMILES string of the molecule is CC1C(=O)C=CCC1NCC1=NC2N=C(C3=CC=CC3)NN2C(=O)C1. The van der Waals surface area contributed by atoms with Crippen LogP contribution >= 0.6 is 0 Å². The number of allylic oxidation sites excluding steroid dienone is 4. The first kappa shape index (κ1) is 16.0. The van der Waals surface area contributed by atoms with Gasteiger partial charge in [-0.05, 0) is 24.5 Å². The van der Waals surface area contributed by atoms with Crippen LogP contribution in [0, 0.1) is 5.92 Å². The van der Waals surface area contributed by atoms with E-state index in [9.17, 15) is 9.59 Å². The monoisotopic (exact) mass is 339 g/mol. The number of hydrazine groups is 1. The van der Waals surface area contributed by atoms with Crippen molar-refractivity contribution in [3.05, 3.63) is 36.0 Å². The van der Waals surface area contributed by atoms with Gasteiger partial charge in [0.15, 0.2) is 5.78 Å². The van der Waals surface area contributed by atoms with Crippen LogP contribution in [-0.4, -0.2) is 47.1 Å². The van der Waals surface area contributed by atoms with Gasteiger partial charge in [-0.15, -0.1) is 0 Å². The van der Waals surface area contributed by atoms with Crippen LogP contribution in [0.1, 0.15) is 26.2 Å². The minimum atomic E-state index is -0.528. The molecule has 0 aromatic heterocycles. The molecular formula is C18H21N5O2. The van der Waals surface area contributed by atoms with E-state index < -0.39 is 6.29 Å². The van der Waals surface area contributed by atoms with E-state index in [1.165, 1.54) is 5.01 Å². The first-order valence-corrected chi connectivity index (χ1v) is 8.64. The highest BCUT2D eigenvalue weighted by Crippen LogP contribution is 2.21. The molecule has 7 nitrogen and oxygen atoms in total. The molecule has 0 saturated carbocycles. The smallest absolute Gasteiger partial charge is 0.250 e. The van der Waals surface area contributed by atoms with Gasteiger partial charge in [0, 0.05) is 24.2 Å². The molecule has 4 aliphatic rings. The first-order valence-electron chi connectivity index (χ1n) is 8.64. The maximum Gasteiger partial charge on any atom is 0.250 e. The fourth-order valence-electron chi connectivity index (χ4n) is 3.40. The summed E-state index contributed by atoms with van der Waals surface area (Å²) in [4.78, 5) is 33.3. The lowest BCUT2D eigenvalue weighted by Gasteiger charge is -2.28. The standard InChI is InChI=1S/C18H21N5O2/c1-11-14(7-4-8-15(11)24)19-10-13-9-16(25)23-18(20-13)21-17(22-23)12-5-2-3-6-12/h2-5,8,11,14,18-19H,6-7,9-10H2,1H3,(H,21,22). The van der Waals surface area contributed by atoms with E-state index in [1.807, 2.05) is 25.2 Å². The number of nitrogens with one attached hydrogen (secondary N) is 2.